The highest BCUT2D eigenvalue weighted by atomic mass is 16.3. The van der Waals surface area contributed by atoms with Crippen LogP contribution < -0.4 is 0 Å². The molecule has 2 aliphatic carbocycles. The zero-order valence-corrected chi connectivity index (χ0v) is 12.2. The summed E-state index contributed by atoms with van der Waals surface area (Å²) in [6.07, 6.45) is 5.93. The Bertz CT molecular complexity index is 652. The maximum absolute atomic E-state index is 10.3. The summed E-state index contributed by atoms with van der Waals surface area (Å²) >= 11 is 0. The predicted molar refractivity (Wildman–Crippen MR) is 83.8 cm³/mol. The molecule has 0 aromatic heterocycles. The van der Waals surface area contributed by atoms with Crippen LogP contribution in [0.4, 0.5) is 0 Å². The molecule has 1 aromatic carbocycles. The van der Waals surface area contributed by atoms with Gasteiger partial charge in [0.25, 0.3) is 0 Å². The van der Waals surface area contributed by atoms with Crippen molar-refractivity contribution in [3.63, 3.8) is 0 Å². The average molecular weight is 300 g/mol. The monoisotopic (exact) mass is 300 g/mol. The van der Waals surface area contributed by atoms with Crippen molar-refractivity contribution in [2.24, 2.45) is 0 Å². The lowest BCUT2D eigenvalue weighted by Gasteiger charge is -2.30. The molecule has 0 heterocycles. The van der Waals surface area contributed by atoms with Crippen molar-refractivity contribution in [3.05, 3.63) is 64.6 Å². The van der Waals surface area contributed by atoms with Gasteiger partial charge in [-0.1, -0.05) is 30.2 Å². The third-order valence-corrected chi connectivity index (χ3v) is 4.51. The normalized spacial score (nSPS) is 29.0. The standard InChI is InChI=1S/C18H20O4/c19-12-7-5-11(6-8-12)13-3-1-2-4-14(13)15-9-10-16(20)18(22)17(15)21/h5-10,13,17,19-22H,1-4H2. The highest BCUT2D eigenvalue weighted by molar-refractivity contribution is 5.46. The zero-order valence-electron chi connectivity index (χ0n) is 12.2. The number of hydrogen-bond donors (Lipinski definition) is 4. The Kier molecular flexibility index (Phi) is 3.94. The Hall–Kier alpha value is -2.20. The fourth-order valence-electron chi connectivity index (χ4n) is 3.35. The van der Waals surface area contributed by atoms with Gasteiger partial charge in [0.1, 0.15) is 11.9 Å². The molecule has 2 aliphatic rings. The molecule has 116 valence electrons. The van der Waals surface area contributed by atoms with Crippen molar-refractivity contribution >= 4 is 0 Å². The molecule has 1 fully saturated rings. The summed E-state index contributed by atoms with van der Waals surface area (Å²) in [5.41, 5.74) is 2.87. The van der Waals surface area contributed by atoms with E-state index in [1.54, 1.807) is 18.2 Å². The third-order valence-electron chi connectivity index (χ3n) is 4.51. The molecule has 1 aromatic rings. The molecular weight excluding hydrogens is 280 g/mol. The minimum atomic E-state index is -1.17. The largest absolute Gasteiger partial charge is 0.508 e. The molecule has 22 heavy (non-hydrogen) atoms. The van der Waals surface area contributed by atoms with Gasteiger partial charge < -0.3 is 20.4 Å². The van der Waals surface area contributed by atoms with Gasteiger partial charge in [0, 0.05) is 5.92 Å². The first-order valence-electron chi connectivity index (χ1n) is 7.58. The minimum Gasteiger partial charge on any atom is -0.508 e. The zero-order chi connectivity index (χ0) is 15.7. The van der Waals surface area contributed by atoms with Crippen molar-refractivity contribution in [3.8, 4) is 5.75 Å². The number of benzene rings is 1. The van der Waals surface area contributed by atoms with Crippen LogP contribution in [0.5, 0.6) is 5.75 Å². The Morgan fingerprint density at radius 2 is 1.64 bits per heavy atom. The SMILES string of the molecule is OC1=C(O)C(O)C(=C2CCCCC2c2ccc(O)cc2)C=C1. The van der Waals surface area contributed by atoms with Crippen LogP contribution in [0, 0.1) is 0 Å². The van der Waals surface area contributed by atoms with Crippen molar-refractivity contribution in [2.75, 3.05) is 0 Å². The quantitative estimate of drug-likeness (QED) is 0.639. The Labute approximate surface area is 129 Å². The second kappa shape index (κ2) is 5.89. The molecule has 4 nitrogen and oxygen atoms in total. The highest BCUT2D eigenvalue weighted by Crippen LogP contribution is 2.41. The molecule has 0 amide bonds. The van der Waals surface area contributed by atoms with Gasteiger partial charge in [0.2, 0.25) is 0 Å². The van der Waals surface area contributed by atoms with Crippen LogP contribution in [0.3, 0.4) is 0 Å². The fourth-order valence-corrected chi connectivity index (χ4v) is 3.35. The molecule has 0 spiro atoms. The molecule has 1 saturated carbocycles. The van der Waals surface area contributed by atoms with Crippen molar-refractivity contribution in [1.82, 2.24) is 0 Å². The number of hydrogen-bond acceptors (Lipinski definition) is 4. The van der Waals surface area contributed by atoms with E-state index in [4.69, 9.17) is 0 Å². The number of rotatable bonds is 1. The first-order valence-corrected chi connectivity index (χ1v) is 7.58. The van der Waals surface area contributed by atoms with Crippen molar-refractivity contribution < 1.29 is 20.4 Å². The third kappa shape index (κ3) is 2.62. The molecule has 0 saturated heterocycles. The average Bonchev–Trinajstić information content (AvgIpc) is 2.54. The fraction of sp³-hybridized carbons (Fsp3) is 0.333. The number of phenolic OH excluding ortho intramolecular Hbond substituents is 1. The molecule has 0 aliphatic heterocycles. The van der Waals surface area contributed by atoms with E-state index in [2.05, 4.69) is 0 Å². The Balaban J connectivity index is 2.02. The number of allylic oxidation sites excluding steroid dienone is 2. The minimum absolute atomic E-state index is 0.164. The lowest BCUT2D eigenvalue weighted by atomic mass is 9.76. The van der Waals surface area contributed by atoms with E-state index in [1.807, 2.05) is 12.1 Å². The van der Waals surface area contributed by atoms with Crippen LogP contribution in [-0.4, -0.2) is 26.5 Å². The first-order chi connectivity index (χ1) is 10.6. The maximum Gasteiger partial charge on any atom is 0.167 e. The lowest BCUT2D eigenvalue weighted by molar-refractivity contribution is 0.167. The second-order valence-corrected chi connectivity index (χ2v) is 5.88. The van der Waals surface area contributed by atoms with Gasteiger partial charge in [0.05, 0.1) is 0 Å². The summed E-state index contributed by atoms with van der Waals surface area (Å²) in [6, 6.07) is 7.14. The molecule has 4 heteroatoms. The Morgan fingerprint density at radius 3 is 2.36 bits per heavy atom. The molecule has 4 N–H and O–H groups in total. The predicted octanol–water partition coefficient (Wildman–Crippen LogP) is 3.60. The van der Waals surface area contributed by atoms with E-state index in [0.717, 1.165) is 36.8 Å². The number of aliphatic hydroxyl groups excluding tert-OH is 3. The molecular formula is C18H20O4. The summed E-state index contributed by atoms with van der Waals surface area (Å²) in [5, 5.41) is 39.0. The second-order valence-electron chi connectivity index (χ2n) is 5.88. The summed E-state index contributed by atoms with van der Waals surface area (Å²) in [6.45, 7) is 0. The van der Waals surface area contributed by atoms with Gasteiger partial charge in [-0.25, -0.2) is 0 Å². The molecule has 0 bridgehead atoms. The molecule has 2 atom stereocenters. The van der Waals surface area contributed by atoms with E-state index in [1.165, 1.54) is 6.08 Å². The van der Waals surface area contributed by atoms with Gasteiger partial charge in [-0.2, -0.15) is 0 Å². The van der Waals surface area contributed by atoms with Gasteiger partial charge in [-0.15, -0.1) is 0 Å². The van der Waals surface area contributed by atoms with Crippen LogP contribution >= 0.6 is 0 Å². The first kappa shape index (κ1) is 14.7. The number of phenols is 1. The van der Waals surface area contributed by atoms with E-state index in [0.29, 0.717) is 5.57 Å². The van der Waals surface area contributed by atoms with Crippen molar-refractivity contribution in [1.29, 1.82) is 0 Å². The summed E-state index contributed by atoms with van der Waals surface area (Å²) in [4.78, 5) is 0. The molecule has 0 radical (unpaired) electrons. The molecule has 3 rings (SSSR count). The number of aliphatic hydroxyl groups is 3. The highest BCUT2D eigenvalue weighted by Gasteiger charge is 2.29. The van der Waals surface area contributed by atoms with Gasteiger partial charge in [-0.3, -0.25) is 0 Å². The summed E-state index contributed by atoms with van der Waals surface area (Å²) < 4.78 is 0. The van der Waals surface area contributed by atoms with Crippen LogP contribution in [0.25, 0.3) is 0 Å². The van der Waals surface area contributed by atoms with Crippen LogP contribution in [0.2, 0.25) is 0 Å². The maximum atomic E-state index is 10.3. The lowest BCUT2D eigenvalue weighted by Crippen LogP contribution is -2.22. The Morgan fingerprint density at radius 1 is 0.909 bits per heavy atom. The molecule has 2 unspecified atom stereocenters. The topological polar surface area (TPSA) is 80.9 Å². The van der Waals surface area contributed by atoms with Crippen LogP contribution in [-0.2, 0) is 0 Å². The van der Waals surface area contributed by atoms with Gasteiger partial charge in [0.15, 0.2) is 11.5 Å². The summed E-state index contributed by atoms with van der Waals surface area (Å²) in [7, 11) is 0. The van der Waals surface area contributed by atoms with E-state index in [9.17, 15) is 20.4 Å². The van der Waals surface area contributed by atoms with Crippen LogP contribution in [0.15, 0.2) is 59.1 Å². The van der Waals surface area contributed by atoms with Gasteiger partial charge >= 0.3 is 0 Å². The van der Waals surface area contributed by atoms with Crippen LogP contribution in [0.1, 0.15) is 37.2 Å². The van der Waals surface area contributed by atoms with Gasteiger partial charge in [-0.05, 0) is 48.6 Å². The number of aromatic hydroxyl groups is 1. The summed E-state index contributed by atoms with van der Waals surface area (Å²) in [5.74, 6) is -0.276. The van der Waals surface area contributed by atoms with E-state index in [-0.39, 0.29) is 23.2 Å². The smallest absolute Gasteiger partial charge is 0.167 e. The van der Waals surface area contributed by atoms with Crippen molar-refractivity contribution in [2.45, 2.75) is 37.7 Å². The van der Waals surface area contributed by atoms with E-state index < -0.39 is 6.10 Å². The van der Waals surface area contributed by atoms with E-state index >= 15 is 0 Å².